The van der Waals surface area contributed by atoms with E-state index in [1.165, 1.54) is 4.88 Å². The minimum Gasteiger partial charge on any atom is -0.486 e. The standard InChI is InChI=1S/C22H24N4O2S/c1-15-20(29-21(26-15)16-8-4-3-5-9-16)13-25-22(23-2)24-12-17-14-27-18-10-6-7-11-19(18)28-17/h3-11,17H,12-14H2,1-2H3,(H2,23,24,25). The summed E-state index contributed by atoms with van der Waals surface area (Å²) < 4.78 is 11.7. The lowest BCUT2D eigenvalue weighted by Gasteiger charge is -2.27. The Labute approximate surface area is 174 Å². The zero-order chi connectivity index (χ0) is 20.1. The van der Waals surface area contributed by atoms with E-state index in [2.05, 4.69) is 27.8 Å². The predicted molar refractivity (Wildman–Crippen MR) is 117 cm³/mol. The largest absolute Gasteiger partial charge is 0.486 e. The van der Waals surface area contributed by atoms with Crippen LogP contribution < -0.4 is 20.1 Å². The third kappa shape index (κ3) is 4.68. The first-order valence-corrected chi connectivity index (χ1v) is 10.4. The second-order valence-electron chi connectivity index (χ2n) is 6.70. The third-order valence-electron chi connectivity index (χ3n) is 4.62. The van der Waals surface area contributed by atoms with Crippen molar-refractivity contribution in [2.24, 2.45) is 4.99 Å². The van der Waals surface area contributed by atoms with Gasteiger partial charge in [-0.05, 0) is 19.1 Å². The quantitative estimate of drug-likeness (QED) is 0.499. The van der Waals surface area contributed by atoms with Crippen molar-refractivity contribution in [1.82, 2.24) is 15.6 Å². The summed E-state index contributed by atoms with van der Waals surface area (Å²) in [5.74, 6) is 2.30. The molecule has 2 N–H and O–H groups in total. The van der Waals surface area contributed by atoms with Crippen LogP contribution in [0.2, 0.25) is 0 Å². The molecule has 1 unspecified atom stereocenters. The number of ether oxygens (including phenoxy) is 2. The highest BCUT2D eigenvalue weighted by molar-refractivity contribution is 7.15. The molecular weight excluding hydrogens is 384 g/mol. The molecular formula is C22H24N4O2S. The number of hydrogen-bond donors (Lipinski definition) is 2. The van der Waals surface area contributed by atoms with Crippen molar-refractivity contribution in [2.75, 3.05) is 20.2 Å². The van der Waals surface area contributed by atoms with Gasteiger partial charge in [0, 0.05) is 17.5 Å². The van der Waals surface area contributed by atoms with E-state index in [-0.39, 0.29) is 6.10 Å². The molecule has 7 heteroatoms. The maximum Gasteiger partial charge on any atom is 0.191 e. The molecule has 4 rings (SSSR count). The molecule has 1 aliphatic heterocycles. The van der Waals surface area contributed by atoms with Crippen LogP contribution in [-0.2, 0) is 6.54 Å². The molecule has 2 heterocycles. The number of guanidine groups is 1. The molecule has 1 atom stereocenters. The molecule has 0 radical (unpaired) electrons. The van der Waals surface area contributed by atoms with Crippen LogP contribution in [0.1, 0.15) is 10.6 Å². The fourth-order valence-electron chi connectivity index (χ4n) is 3.06. The number of hydrogen-bond acceptors (Lipinski definition) is 5. The Bertz CT molecular complexity index is 987. The number of thiazole rings is 1. The lowest BCUT2D eigenvalue weighted by atomic mass is 10.2. The molecule has 0 amide bonds. The van der Waals surface area contributed by atoms with Crippen molar-refractivity contribution in [3.05, 3.63) is 65.2 Å². The van der Waals surface area contributed by atoms with Crippen molar-refractivity contribution in [3.63, 3.8) is 0 Å². The molecule has 0 bridgehead atoms. The Kier molecular flexibility index (Phi) is 5.95. The van der Waals surface area contributed by atoms with Gasteiger partial charge in [0.25, 0.3) is 0 Å². The Balaban J connectivity index is 1.31. The van der Waals surface area contributed by atoms with Gasteiger partial charge in [0.2, 0.25) is 0 Å². The number of benzene rings is 2. The maximum absolute atomic E-state index is 5.98. The second-order valence-corrected chi connectivity index (χ2v) is 7.78. The number of aliphatic imine (C=N–C) groups is 1. The van der Waals surface area contributed by atoms with E-state index in [9.17, 15) is 0 Å². The summed E-state index contributed by atoms with van der Waals surface area (Å²) in [4.78, 5) is 10.2. The van der Waals surface area contributed by atoms with E-state index in [0.29, 0.717) is 19.7 Å². The lowest BCUT2D eigenvalue weighted by Crippen LogP contribution is -2.45. The normalized spacial score (nSPS) is 15.8. The minimum absolute atomic E-state index is 0.0710. The maximum atomic E-state index is 5.98. The average Bonchev–Trinajstić information content (AvgIpc) is 3.15. The molecule has 29 heavy (non-hydrogen) atoms. The average molecular weight is 409 g/mol. The Morgan fingerprint density at radius 3 is 2.66 bits per heavy atom. The minimum atomic E-state index is -0.0710. The van der Waals surface area contributed by atoms with E-state index in [4.69, 9.17) is 14.5 Å². The number of nitrogens with zero attached hydrogens (tertiary/aromatic N) is 2. The summed E-state index contributed by atoms with van der Waals surface area (Å²) >= 11 is 1.70. The predicted octanol–water partition coefficient (Wildman–Crippen LogP) is 3.62. The SMILES string of the molecule is CN=C(NCc1sc(-c2ccccc2)nc1C)NCC1COc2ccccc2O1. The molecule has 150 valence electrons. The molecule has 6 nitrogen and oxygen atoms in total. The van der Waals surface area contributed by atoms with Gasteiger partial charge in [0.15, 0.2) is 17.5 Å². The van der Waals surface area contributed by atoms with Crippen molar-refractivity contribution in [1.29, 1.82) is 0 Å². The molecule has 0 spiro atoms. The van der Waals surface area contributed by atoms with E-state index in [0.717, 1.165) is 33.7 Å². The van der Waals surface area contributed by atoms with Crippen molar-refractivity contribution >= 4 is 17.3 Å². The van der Waals surface area contributed by atoms with Crippen LogP contribution in [0.3, 0.4) is 0 Å². The van der Waals surface area contributed by atoms with E-state index in [1.54, 1.807) is 18.4 Å². The van der Waals surface area contributed by atoms with Crippen LogP contribution in [-0.4, -0.2) is 37.2 Å². The highest BCUT2D eigenvalue weighted by Crippen LogP contribution is 2.30. The number of fused-ring (bicyclic) bond motifs is 1. The van der Waals surface area contributed by atoms with Gasteiger partial charge in [-0.2, -0.15) is 0 Å². The summed E-state index contributed by atoms with van der Waals surface area (Å²) in [6.07, 6.45) is -0.0710. The summed E-state index contributed by atoms with van der Waals surface area (Å²) in [6, 6.07) is 18.0. The molecule has 1 aromatic heterocycles. The van der Waals surface area contributed by atoms with Gasteiger partial charge < -0.3 is 20.1 Å². The Morgan fingerprint density at radius 1 is 1.10 bits per heavy atom. The van der Waals surface area contributed by atoms with Crippen molar-refractivity contribution < 1.29 is 9.47 Å². The van der Waals surface area contributed by atoms with Crippen LogP contribution in [0.15, 0.2) is 59.6 Å². The fourth-order valence-corrected chi connectivity index (χ4v) is 4.06. The second kappa shape index (κ2) is 8.96. The molecule has 0 fully saturated rings. The summed E-state index contributed by atoms with van der Waals surface area (Å²) in [5, 5.41) is 7.72. The van der Waals surface area contributed by atoms with Gasteiger partial charge in [-0.1, -0.05) is 42.5 Å². The first-order chi connectivity index (χ1) is 14.2. The van der Waals surface area contributed by atoms with E-state index >= 15 is 0 Å². The Morgan fingerprint density at radius 2 is 1.86 bits per heavy atom. The summed E-state index contributed by atoms with van der Waals surface area (Å²) in [6.45, 7) is 3.82. The highest BCUT2D eigenvalue weighted by Gasteiger charge is 2.20. The van der Waals surface area contributed by atoms with Crippen LogP contribution in [0.5, 0.6) is 11.5 Å². The van der Waals surface area contributed by atoms with Gasteiger partial charge in [-0.3, -0.25) is 4.99 Å². The van der Waals surface area contributed by atoms with E-state index < -0.39 is 0 Å². The topological polar surface area (TPSA) is 67.8 Å². The van der Waals surface area contributed by atoms with Crippen molar-refractivity contribution in [2.45, 2.75) is 19.6 Å². The number of rotatable bonds is 5. The smallest absolute Gasteiger partial charge is 0.191 e. The van der Waals surface area contributed by atoms with Crippen LogP contribution in [0.25, 0.3) is 10.6 Å². The molecule has 2 aromatic carbocycles. The fraction of sp³-hybridized carbons (Fsp3) is 0.273. The number of aryl methyl sites for hydroxylation is 1. The van der Waals surface area contributed by atoms with Gasteiger partial charge in [0.05, 0.1) is 18.8 Å². The molecule has 0 saturated carbocycles. The zero-order valence-electron chi connectivity index (χ0n) is 16.5. The lowest BCUT2D eigenvalue weighted by molar-refractivity contribution is 0.0936. The highest BCUT2D eigenvalue weighted by atomic mass is 32.1. The van der Waals surface area contributed by atoms with Gasteiger partial charge >= 0.3 is 0 Å². The molecule has 0 aliphatic carbocycles. The van der Waals surface area contributed by atoms with Crippen LogP contribution >= 0.6 is 11.3 Å². The van der Waals surface area contributed by atoms with Gasteiger partial charge in [-0.15, -0.1) is 11.3 Å². The van der Waals surface area contributed by atoms with E-state index in [1.807, 2.05) is 49.4 Å². The number of aromatic nitrogens is 1. The monoisotopic (exact) mass is 408 g/mol. The van der Waals surface area contributed by atoms with Crippen molar-refractivity contribution in [3.8, 4) is 22.1 Å². The Hall–Kier alpha value is -3.06. The van der Waals surface area contributed by atoms with Crippen LogP contribution in [0, 0.1) is 6.92 Å². The van der Waals surface area contributed by atoms with Gasteiger partial charge in [-0.25, -0.2) is 4.98 Å². The molecule has 1 aliphatic rings. The summed E-state index contributed by atoms with van der Waals surface area (Å²) in [5.41, 5.74) is 2.18. The van der Waals surface area contributed by atoms with Gasteiger partial charge in [0.1, 0.15) is 17.7 Å². The zero-order valence-corrected chi connectivity index (χ0v) is 17.3. The first kappa shape index (κ1) is 19.3. The first-order valence-electron chi connectivity index (χ1n) is 9.57. The molecule has 0 saturated heterocycles. The van der Waals surface area contributed by atoms with Crippen LogP contribution in [0.4, 0.5) is 0 Å². The number of nitrogens with one attached hydrogen (secondary N) is 2. The summed E-state index contributed by atoms with van der Waals surface area (Å²) in [7, 11) is 1.76. The number of para-hydroxylation sites is 2. The third-order valence-corrected chi connectivity index (χ3v) is 5.82. The molecule has 3 aromatic rings.